The van der Waals surface area contributed by atoms with Crippen LogP contribution in [0.2, 0.25) is 0 Å². The number of thiazole rings is 1. The number of nitrogens with one attached hydrogen (secondary N) is 2. The van der Waals surface area contributed by atoms with E-state index >= 15 is 0 Å². The smallest absolute Gasteiger partial charge is 0.191 e. The number of guanidine groups is 1. The van der Waals surface area contributed by atoms with E-state index < -0.39 is 11.6 Å². The first-order valence-corrected chi connectivity index (χ1v) is 8.34. The highest BCUT2D eigenvalue weighted by Gasteiger charge is 2.05. The normalized spacial score (nSPS) is 11.0. The van der Waals surface area contributed by atoms with Crippen LogP contribution in [0.3, 0.4) is 0 Å². The first kappa shape index (κ1) is 21.6. The molecular weight excluding hydrogens is 461 g/mol. The van der Waals surface area contributed by atoms with Crippen LogP contribution < -0.4 is 15.4 Å². The fourth-order valence-corrected chi connectivity index (χ4v) is 2.73. The maximum atomic E-state index is 13.4. The number of nitrogens with zero attached hydrogens (tertiary/aromatic N) is 2. The molecule has 0 fully saturated rings. The first-order chi connectivity index (χ1) is 11.6. The van der Waals surface area contributed by atoms with Gasteiger partial charge in [0.2, 0.25) is 0 Å². The SMILES string of the molecule is CN=C(NCCOc1ccc(F)cc1F)NCCc1ncc(C)s1.I. The second-order valence-corrected chi connectivity index (χ2v) is 6.28. The van der Waals surface area contributed by atoms with Gasteiger partial charge in [0.05, 0.1) is 11.6 Å². The van der Waals surface area contributed by atoms with E-state index in [0.717, 1.165) is 23.6 Å². The minimum absolute atomic E-state index is 0. The predicted octanol–water partition coefficient (Wildman–Crippen LogP) is 3.13. The number of rotatable bonds is 7. The van der Waals surface area contributed by atoms with Crippen molar-refractivity contribution in [3.63, 3.8) is 0 Å². The number of ether oxygens (including phenoxy) is 1. The van der Waals surface area contributed by atoms with Gasteiger partial charge in [-0.15, -0.1) is 35.3 Å². The zero-order valence-electron chi connectivity index (χ0n) is 14.0. The lowest BCUT2D eigenvalue weighted by atomic mass is 10.3. The van der Waals surface area contributed by atoms with Crippen molar-refractivity contribution >= 4 is 41.3 Å². The van der Waals surface area contributed by atoms with Gasteiger partial charge in [-0.05, 0) is 19.1 Å². The minimum Gasteiger partial charge on any atom is -0.489 e. The molecule has 0 spiro atoms. The van der Waals surface area contributed by atoms with Crippen LogP contribution in [0.15, 0.2) is 29.4 Å². The van der Waals surface area contributed by atoms with Crippen molar-refractivity contribution in [2.45, 2.75) is 13.3 Å². The molecule has 9 heteroatoms. The predicted molar refractivity (Wildman–Crippen MR) is 107 cm³/mol. The largest absolute Gasteiger partial charge is 0.489 e. The molecular formula is C16H21F2IN4OS. The van der Waals surface area contributed by atoms with Crippen LogP contribution in [0.4, 0.5) is 8.78 Å². The van der Waals surface area contributed by atoms with Crippen molar-refractivity contribution in [2.75, 3.05) is 26.7 Å². The molecule has 0 saturated carbocycles. The van der Waals surface area contributed by atoms with Crippen LogP contribution in [0.1, 0.15) is 9.88 Å². The standard InChI is InChI=1S/C16H20F2N4OS.HI/c1-11-10-22-15(24-11)5-6-20-16(19-2)21-7-8-23-14-4-3-12(17)9-13(14)18;/h3-4,9-10H,5-8H2,1-2H3,(H2,19,20,21);1H. The van der Waals surface area contributed by atoms with Crippen molar-refractivity contribution in [1.82, 2.24) is 15.6 Å². The van der Waals surface area contributed by atoms with E-state index in [0.29, 0.717) is 19.0 Å². The lowest BCUT2D eigenvalue weighted by Crippen LogP contribution is -2.40. The average Bonchev–Trinajstić information content (AvgIpc) is 2.96. The Balaban J connectivity index is 0.00000312. The van der Waals surface area contributed by atoms with Crippen LogP contribution in [-0.4, -0.2) is 37.7 Å². The lowest BCUT2D eigenvalue weighted by Gasteiger charge is -2.12. The summed E-state index contributed by atoms with van der Waals surface area (Å²) < 4.78 is 31.5. The lowest BCUT2D eigenvalue weighted by molar-refractivity contribution is 0.304. The Bertz CT molecular complexity index is 697. The number of hydrogen-bond donors (Lipinski definition) is 2. The quantitative estimate of drug-likeness (QED) is 0.276. The summed E-state index contributed by atoms with van der Waals surface area (Å²) in [4.78, 5) is 9.59. The van der Waals surface area contributed by atoms with Crippen LogP contribution >= 0.6 is 35.3 Å². The Morgan fingerprint density at radius 2 is 2.04 bits per heavy atom. The van der Waals surface area contributed by atoms with Gasteiger partial charge in [0.25, 0.3) is 0 Å². The molecule has 0 unspecified atom stereocenters. The summed E-state index contributed by atoms with van der Waals surface area (Å²) in [6.45, 7) is 3.40. The molecule has 5 nitrogen and oxygen atoms in total. The third-order valence-corrected chi connectivity index (χ3v) is 4.04. The molecule has 0 bridgehead atoms. The Morgan fingerprint density at radius 3 is 2.68 bits per heavy atom. The summed E-state index contributed by atoms with van der Waals surface area (Å²) in [5, 5.41) is 7.31. The van der Waals surface area contributed by atoms with E-state index in [2.05, 4.69) is 20.6 Å². The molecule has 2 rings (SSSR count). The Labute approximate surface area is 166 Å². The Hall–Kier alpha value is -1.49. The maximum absolute atomic E-state index is 13.4. The summed E-state index contributed by atoms with van der Waals surface area (Å²) >= 11 is 1.67. The number of aromatic nitrogens is 1. The van der Waals surface area contributed by atoms with Gasteiger partial charge in [0.1, 0.15) is 12.4 Å². The van der Waals surface area contributed by atoms with Crippen molar-refractivity contribution < 1.29 is 13.5 Å². The Kier molecular flexibility index (Phi) is 9.65. The molecule has 0 aliphatic carbocycles. The number of benzene rings is 1. The third kappa shape index (κ3) is 7.51. The molecule has 0 aliphatic rings. The van der Waals surface area contributed by atoms with Crippen LogP contribution in [0.5, 0.6) is 5.75 Å². The molecule has 25 heavy (non-hydrogen) atoms. The molecule has 1 aromatic carbocycles. The fourth-order valence-electron chi connectivity index (χ4n) is 1.95. The van der Waals surface area contributed by atoms with E-state index in [1.165, 1.54) is 10.9 Å². The zero-order valence-corrected chi connectivity index (χ0v) is 17.2. The molecule has 0 saturated heterocycles. The van der Waals surface area contributed by atoms with Crippen molar-refractivity contribution in [2.24, 2.45) is 4.99 Å². The topological polar surface area (TPSA) is 58.5 Å². The number of halogens is 3. The summed E-state index contributed by atoms with van der Waals surface area (Å²) in [5.74, 6) is -0.680. The third-order valence-electron chi connectivity index (χ3n) is 3.07. The van der Waals surface area contributed by atoms with E-state index in [4.69, 9.17) is 4.74 Å². The van der Waals surface area contributed by atoms with Crippen molar-refractivity contribution in [3.8, 4) is 5.75 Å². The second kappa shape index (κ2) is 11.2. The van der Waals surface area contributed by atoms with Gasteiger partial charge in [0, 0.05) is 37.2 Å². The van der Waals surface area contributed by atoms with Gasteiger partial charge in [-0.1, -0.05) is 0 Å². The van der Waals surface area contributed by atoms with Gasteiger partial charge in [-0.3, -0.25) is 4.99 Å². The van der Waals surface area contributed by atoms with E-state index in [-0.39, 0.29) is 36.3 Å². The molecule has 1 aromatic heterocycles. The van der Waals surface area contributed by atoms with Crippen LogP contribution in [0, 0.1) is 18.6 Å². The highest BCUT2D eigenvalue weighted by atomic mass is 127. The number of aliphatic imine (C=N–C) groups is 1. The molecule has 0 radical (unpaired) electrons. The summed E-state index contributed by atoms with van der Waals surface area (Å²) in [6.07, 6.45) is 2.68. The average molecular weight is 482 g/mol. The highest BCUT2D eigenvalue weighted by Crippen LogP contribution is 2.17. The Morgan fingerprint density at radius 1 is 1.28 bits per heavy atom. The number of aryl methyl sites for hydroxylation is 1. The van der Waals surface area contributed by atoms with Crippen LogP contribution in [-0.2, 0) is 6.42 Å². The van der Waals surface area contributed by atoms with E-state index in [9.17, 15) is 8.78 Å². The molecule has 1 heterocycles. The summed E-state index contributed by atoms with van der Waals surface area (Å²) in [7, 11) is 1.67. The molecule has 138 valence electrons. The highest BCUT2D eigenvalue weighted by molar-refractivity contribution is 14.0. The monoisotopic (exact) mass is 482 g/mol. The molecule has 0 aliphatic heterocycles. The van der Waals surface area contributed by atoms with Crippen LogP contribution in [0.25, 0.3) is 0 Å². The first-order valence-electron chi connectivity index (χ1n) is 7.52. The van der Waals surface area contributed by atoms with Gasteiger partial charge in [-0.2, -0.15) is 0 Å². The van der Waals surface area contributed by atoms with Gasteiger partial charge in [-0.25, -0.2) is 13.8 Å². The maximum Gasteiger partial charge on any atom is 0.191 e. The molecule has 2 N–H and O–H groups in total. The summed E-state index contributed by atoms with van der Waals surface area (Å²) in [6, 6.07) is 3.23. The number of hydrogen-bond acceptors (Lipinski definition) is 4. The fraction of sp³-hybridized carbons (Fsp3) is 0.375. The van der Waals surface area contributed by atoms with Gasteiger partial charge in [0.15, 0.2) is 17.5 Å². The van der Waals surface area contributed by atoms with E-state index in [1.54, 1.807) is 18.4 Å². The zero-order chi connectivity index (χ0) is 17.4. The van der Waals surface area contributed by atoms with E-state index in [1.807, 2.05) is 13.1 Å². The van der Waals surface area contributed by atoms with Crippen molar-refractivity contribution in [1.29, 1.82) is 0 Å². The molecule has 0 atom stereocenters. The van der Waals surface area contributed by atoms with Gasteiger partial charge < -0.3 is 15.4 Å². The van der Waals surface area contributed by atoms with Gasteiger partial charge >= 0.3 is 0 Å². The van der Waals surface area contributed by atoms with Crippen molar-refractivity contribution in [3.05, 3.63) is 45.9 Å². The second-order valence-electron chi connectivity index (χ2n) is 4.96. The molecule has 2 aromatic rings. The minimum atomic E-state index is -0.712. The molecule has 0 amide bonds. The summed E-state index contributed by atoms with van der Waals surface area (Å²) in [5.41, 5.74) is 0.